The molecule has 0 saturated carbocycles. The maximum absolute atomic E-state index is 5.83. The van der Waals surface area contributed by atoms with Crippen molar-refractivity contribution in [3.8, 4) is 0 Å². The van der Waals surface area contributed by atoms with Crippen molar-refractivity contribution in [1.29, 1.82) is 0 Å². The van der Waals surface area contributed by atoms with Crippen molar-refractivity contribution >= 4 is 5.96 Å². The van der Waals surface area contributed by atoms with Crippen LogP contribution in [-0.2, 0) is 9.47 Å². The zero-order valence-electron chi connectivity index (χ0n) is 17.8. The van der Waals surface area contributed by atoms with E-state index < -0.39 is 0 Å². The van der Waals surface area contributed by atoms with Gasteiger partial charge in [-0.05, 0) is 51.6 Å². The predicted molar refractivity (Wildman–Crippen MR) is 112 cm³/mol. The van der Waals surface area contributed by atoms with E-state index >= 15 is 0 Å². The third kappa shape index (κ3) is 8.79. The van der Waals surface area contributed by atoms with E-state index in [1.54, 1.807) is 0 Å². The van der Waals surface area contributed by atoms with Gasteiger partial charge in [-0.15, -0.1) is 0 Å². The highest BCUT2D eigenvalue weighted by atomic mass is 16.5. The van der Waals surface area contributed by atoms with Crippen LogP contribution in [0.4, 0.5) is 0 Å². The summed E-state index contributed by atoms with van der Waals surface area (Å²) in [6.07, 6.45) is 7.74. The van der Waals surface area contributed by atoms with Crippen molar-refractivity contribution < 1.29 is 9.47 Å². The van der Waals surface area contributed by atoms with E-state index in [2.05, 4.69) is 36.3 Å². The number of aliphatic imine (C=N–C) groups is 1. The molecule has 0 aromatic heterocycles. The summed E-state index contributed by atoms with van der Waals surface area (Å²) in [7, 11) is 0. The molecule has 158 valence electrons. The van der Waals surface area contributed by atoms with Gasteiger partial charge in [-0.25, -0.2) is 0 Å². The van der Waals surface area contributed by atoms with Crippen LogP contribution >= 0.6 is 0 Å². The average Bonchev–Trinajstić information content (AvgIpc) is 3.03. The first kappa shape index (κ1) is 22.4. The molecule has 2 aliphatic heterocycles. The minimum absolute atomic E-state index is 0.298. The molecule has 2 unspecified atom stereocenters. The summed E-state index contributed by atoms with van der Waals surface area (Å²) < 4.78 is 11.2. The molecule has 6 heteroatoms. The topological polar surface area (TPSA) is 58.1 Å². The molecule has 0 aromatic rings. The molecule has 2 atom stereocenters. The van der Waals surface area contributed by atoms with Crippen LogP contribution in [0.1, 0.15) is 59.3 Å². The fourth-order valence-electron chi connectivity index (χ4n) is 3.87. The summed E-state index contributed by atoms with van der Waals surface area (Å²) in [4.78, 5) is 7.58. The Bertz CT molecular complexity index is 403. The summed E-state index contributed by atoms with van der Waals surface area (Å²) in [5.41, 5.74) is 0. The molecular weight excluding hydrogens is 340 g/mol. The number of likely N-dealkylation sites (tertiary alicyclic amines) is 1. The van der Waals surface area contributed by atoms with E-state index in [0.717, 1.165) is 58.3 Å². The number of hydrogen-bond acceptors (Lipinski definition) is 4. The Morgan fingerprint density at radius 3 is 2.59 bits per heavy atom. The number of ether oxygens (including phenoxy) is 2. The Kier molecular flexibility index (Phi) is 11.1. The van der Waals surface area contributed by atoms with Crippen molar-refractivity contribution in [2.24, 2.45) is 10.9 Å². The SMILES string of the molecule is CCNC(=NCC(C(C)C)N1CCCCCC1)NCCCOC1CCOC1. The molecule has 0 radical (unpaired) electrons. The first-order chi connectivity index (χ1) is 13.2. The molecular formula is C21H42N4O2. The van der Waals surface area contributed by atoms with E-state index in [-0.39, 0.29) is 0 Å². The summed E-state index contributed by atoms with van der Waals surface area (Å²) >= 11 is 0. The van der Waals surface area contributed by atoms with Crippen molar-refractivity contribution in [2.45, 2.75) is 71.4 Å². The molecule has 0 aliphatic carbocycles. The van der Waals surface area contributed by atoms with Crippen LogP contribution in [-0.4, -0.2) is 75.5 Å². The molecule has 2 aliphatic rings. The molecule has 6 nitrogen and oxygen atoms in total. The molecule has 2 heterocycles. The van der Waals surface area contributed by atoms with Crippen LogP contribution in [0.15, 0.2) is 4.99 Å². The Labute approximate surface area is 166 Å². The highest BCUT2D eigenvalue weighted by Gasteiger charge is 2.22. The molecule has 27 heavy (non-hydrogen) atoms. The minimum atomic E-state index is 0.298. The van der Waals surface area contributed by atoms with Gasteiger partial charge in [0, 0.05) is 32.3 Å². The lowest BCUT2D eigenvalue weighted by Gasteiger charge is -2.32. The van der Waals surface area contributed by atoms with Gasteiger partial charge in [0.15, 0.2) is 5.96 Å². The number of rotatable bonds is 10. The maximum atomic E-state index is 5.83. The minimum Gasteiger partial charge on any atom is -0.379 e. The fraction of sp³-hybridized carbons (Fsp3) is 0.952. The van der Waals surface area contributed by atoms with Crippen molar-refractivity contribution in [2.75, 3.05) is 52.5 Å². The normalized spacial score (nSPS) is 23.4. The quantitative estimate of drug-likeness (QED) is 0.346. The standard InChI is InChI=1S/C21H42N4O2/c1-4-22-21(23-11-9-14-27-19-10-15-26-17-19)24-16-20(18(2)3)25-12-7-5-6-8-13-25/h18-20H,4-17H2,1-3H3,(H2,22,23,24). The monoisotopic (exact) mass is 382 g/mol. The smallest absolute Gasteiger partial charge is 0.191 e. The van der Waals surface area contributed by atoms with Crippen LogP contribution in [0.5, 0.6) is 0 Å². The Morgan fingerprint density at radius 2 is 1.96 bits per heavy atom. The molecule has 0 bridgehead atoms. The first-order valence-corrected chi connectivity index (χ1v) is 11.2. The van der Waals surface area contributed by atoms with Gasteiger partial charge in [0.25, 0.3) is 0 Å². The van der Waals surface area contributed by atoms with Gasteiger partial charge in [-0.3, -0.25) is 9.89 Å². The lowest BCUT2D eigenvalue weighted by molar-refractivity contribution is 0.0420. The Balaban J connectivity index is 1.75. The first-order valence-electron chi connectivity index (χ1n) is 11.2. The fourth-order valence-corrected chi connectivity index (χ4v) is 3.87. The van der Waals surface area contributed by atoms with Crippen molar-refractivity contribution in [3.63, 3.8) is 0 Å². The summed E-state index contributed by atoms with van der Waals surface area (Å²) in [5.74, 6) is 1.55. The lowest BCUT2D eigenvalue weighted by atomic mass is 10.0. The number of nitrogens with zero attached hydrogens (tertiary/aromatic N) is 2. The zero-order chi connectivity index (χ0) is 19.3. The highest BCUT2D eigenvalue weighted by Crippen LogP contribution is 2.17. The summed E-state index contributed by atoms with van der Waals surface area (Å²) in [6.45, 7) is 14.2. The highest BCUT2D eigenvalue weighted by molar-refractivity contribution is 5.79. The third-order valence-electron chi connectivity index (χ3n) is 5.51. The largest absolute Gasteiger partial charge is 0.379 e. The molecule has 2 N–H and O–H groups in total. The van der Waals surface area contributed by atoms with Crippen LogP contribution < -0.4 is 10.6 Å². The van der Waals surface area contributed by atoms with E-state index in [4.69, 9.17) is 14.5 Å². The lowest BCUT2D eigenvalue weighted by Crippen LogP contribution is -2.44. The van der Waals surface area contributed by atoms with Crippen LogP contribution in [0, 0.1) is 5.92 Å². The zero-order valence-corrected chi connectivity index (χ0v) is 17.8. The van der Waals surface area contributed by atoms with Crippen LogP contribution in [0.3, 0.4) is 0 Å². The predicted octanol–water partition coefficient (Wildman–Crippen LogP) is 2.64. The van der Waals surface area contributed by atoms with Crippen LogP contribution in [0.25, 0.3) is 0 Å². The van der Waals surface area contributed by atoms with Gasteiger partial charge >= 0.3 is 0 Å². The van der Waals surface area contributed by atoms with Gasteiger partial charge in [0.2, 0.25) is 0 Å². The Morgan fingerprint density at radius 1 is 1.19 bits per heavy atom. The van der Waals surface area contributed by atoms with E-state index in [1.165, 1.54) is 38.8 Å². The average molecular weight is 383 g/mol. The van der Waals surface area contributed by atoms with Crippen molar-refractivity contribution in [3.05, 3.63) is 0 Å². The summed E-state index contributed by atoms with van der Waals surface area (Å²) in [5, 5.41) is 6.85. The number of hydrogen-bond donors (Lipinski definition) is 2. The molecule has 2 rings (SSSR count). The molecule has 0 amide bonds. The number of nitrogens with one attached hydrogen (secondary N) is 2. The van der Waals surface area contributed by atoms with E-state index in [9.17, 15) is 0 Å². The van der Waals surface area contributed by atoms with Gasteiger partial charge in [-0.2, -0.15) is 0 Å². The van der Waals surface area contributed by atoms with Gasteiger partial charge < -0.3 is 20.1 Å². The molecule has 0 spiro atoms. The van der Waals surface area contributed by atoms with Gasteiger partial charge in [-0.1, -0.05) is 26.7 Å². The second kappa shape index (κ2) is 13.3. The molecule has 2 fully saturated rings. The van der Waals surface area contributed by atoms with Gasteiger partial charge in [0.1, 0.15) is 0 Å². The molecule has 0 aromatic carbocycles. The second-order valence-electron chi connectivity index (χ2n) is 8.12. The second-order valence-corrected chi connectivity index (χ2v) is 8.12. The van der Waals surface area contributed by atoms with E-state index in [1.807, 2.05) is 0 Å². The van der Waals surface area contributed by atoms with Crippen LogP contribution in [0.2, 0.25) is 0 Å². The third-order valence-corrected chi connectivity index (χ3v) is 5.51. The Hall–Kier alpha value is -0.850. The van der Waals surface area contributed by atoms with Crippen molar-refractivity contribution in [1.82, 2.24) is 15.5 Å². The maximum Gasteiger partial charge on any atom is 0.191 e. The van der Waals surface area contributed by atoms with E-state index in [0.29, 0.717) is 18.1 Å². The van der Waals surface area contributed by atoms with Gasteiger partial charge in [0.05, 0.1) is 19.3 Å². The summed E-state index contributed by atoms with van der Waals surface area (Å²) in [6, 6.07) is 0.532. The molecule has 2 saturated heterocycles. The number of guanidine groups is 1.